The lowest BCUT2D eigenvalue weighted by molar-refractivity contribution is -0.00708. The molecule has 2 aromatic rings. The number of aromatic carboxylic acids is 1. The summed E-state index contributed by atoms with van der Waals surface area (Å²) in [4.78, 5) is 16.9. The lowest BCUT2D eigenvalue weighted by atomic mass is 9.48. The van der Waals surface area contributed by atoms with Gasteiger partial charge in [-0.25, -0.2) is 4.79 Å². The monoisotopic (exact) mass is 321 g/mol. The van der Waals surface area contributed by atoms with Crippen LogP contribution in [0.5, 0.6) is 0 Å². The first-order chi connectivity index (χ1) is 11.5. The molecule has 4 aliphatic rings. The van der Waals surface area contributed by atoms with E-state index in [0.717, 1.165) is 39.9 Å². The average molecular weight is 321 g/mol. The lowest BCUT2D eigenvalue weighted by Crippen LogP contribution is -2.49. The van der Waals surface area contributed by atoms with Crippen LogP contribution in [0.1, 0.15) is 60.1 Å². The number of aryl methyl sites for hydroxylation is 1. The Labute approximate surface area is 142 Å². The third-order valence-corrected chi connectivity index (χ3v) is 6.78. The highest BCUT2D eigenvalue weighted by molar-refractivity contribution is 6.02. The molecule has 4 aliphatic carbocycles. The van der Waals surface area contributed by atoms with Crippen LogP contribution in [0.2, 0.25) is 0 Å². The van der Waals surface area contributed by atoms with Gasteiger partial charge in [0, 0.05) is 16.5 Å². The first kappa shape index (κ1) is 14.4. The fourth-order valence-corrected chi connectivity index (χ4v) is 6.21. The van der Waals surface area contributed by atoms with Gasteiger partial charge in [0.1, 0.15) is 0 Å². The fraction of sp³-hybridized carbons (Fsp3) is 0.524. The minimum atomic E-state index is -0.834. The van der Waals surface area contributed by atoms with E-state index in [1.54, 1.807) is 0 Å². The first-order valence-electron chi connectivity index (χ1n) is 9.18. The standard InChI is InChI=1S/C21H23NO2/c1-12-2-3-18-16(4-12)17(20(23)24)8-19(22-18)21-9-13-5-14(10-21)7-15(6-13)11-21/h2-4,8,13-15H,5-7,9-11H2,1H3,(H,23,24). The van der Waals surface area contributed by atoms with E-state index in [1.807, 2.05) is 31.2 Å². The molecule has 1 aromatic carbocycles. The molecule has 4 fully saturated rings. The Balaban J connectivity index is 1.70. The fourth-order valence-electron chi connectivity index (χ4n) is 6.21. The number of pyridine rings is 1. The number of rotatable bonds is 2. The van der Waals surface area contributed by atoms with Crippen molar-refractivity contribution in [3.63, 3.8) is 0 Å². The molecule has 0 spiro atoms. The van der Waals surface area contributed by atoms with Crippen molar-refractivity contribution in [3.05, 3.63) is 41.1 Å². The van der Waals surface area contributed by atoms with Crippen LogP contribution < -0.4 is 0 Å². The van der Waals surface area contributed by atoms with Crippen molar-refractivity contribution in [2.75, 3.05) is 0 Å². The molecule has 0 radical (unpaired) electrons. The van der Waals surface area contributed by atoms with E-state index in [4.69, 9.17) is 4.98 Å². The van der Waals surface area contributed by atoms with Gasteiger partial charge in [-0.15, -0.1) is 0 Å². The summed E-state index contributed by atoms with van der Waals surface area (Å²) < 4.78 is 0. The van der Waals surface area contributed by atoms with Gasteiger partial charge in [-0.3, -0.25) is 4.98 Å². The zero-order chi connectivity index (χ0) is 16.5. The second-order valence-corrected chi connectivity index (χ2v) is 8.58. The molecule has 4 bridgehead atoms. The van der Waals surface area contributed by atoms with Crippen molar-refractivity contribution in [2.45, 2.75) is 50.9 Å². The molecule has 0 atom stereocenters. The van der Waals surface area contributed by atoms with E-state index in [1.165, 1.54) is 38.5 Å². The minimum Gasteiger partial charge on any atom is -0.478 e. The molecular formula is C21H23NO2. The number of fused-ring (bicyclic) bond motifs is 1. The zero-order valence-electron chi connectivity index (χ0n) is 14.1. The molecule has 1 heterocycles. The van der Waals surface area contributed by atoms with Gasteiger partial charge in [0.15, 0.2) is 0 Å². The molecular weight excluding hydrogens is 298 g/mol. The van der Waals surface area contributed by atoms with Crippen LogP contribution in [0.3, 0.4) is 0 Å². The number of hydrogen-bond donors (Lipinski definition) is 1. The highest BCUT2D eigenvalue weighted by Crippen LogP contribution is 2.60. The minimum absolute atomic E-state index is 0.137. The molecule has 1 N–H and O–H groups in total. The van der Waals surface area contributed by atoms with Crippen LogP contribution in [-0.4, -0.2) is 16.1 Å². The van der Waals surface area contributed by atoms with Gasteiger partial charge >= 0.3 is 5.97 Å². The number of nitrogens with zero attached hydrogens (tertiary/aromatic N) is 1. The number of carboxylic acid groups (broad SMARTS) is 1. The topological polar surface area (TPSA) is 50.2 Å². The van der Waals surface area contributed by atoms with E-state index in [9.17, 15) is 9.90 Å². The summed E-state index contributed by atoms with van der Waals surface area (Å²) in [5, 5.41) is 10.5. The highest BCUT2D eigenvalue weighted by Gasteiger charge is 2.52. The Kier molecular flexibility index (Phi) is 2.89. The molecule has 1 aromatic heterocycles. The second-order valence-electron chi connectivity index (χ2n) is 8.58. The van der Waals surface area contributed by atoms with Crippen LogP contribution in [-0.2, 0) is 5.41 Å². The van der Waals surface area contributed by atoms with Crippen molar-refractivity contribution >= 4 is 16.9 Å². The first-order valence-corrected chi connectivity index (χ1v) is 9.18. The Morgan fingerprint density at radius 3 is 2.29 bits per heavy atom. The van der Waals surface area contributed by atoms with E-state index in [0.29, 0.717) is 5.56 Å². The number of aromatic nitrogens is 1. The highest BCUT2D eigenvalue weighted by atomic mass is 16.4. The molecule has 0 aliphatic heterocycles. The van der Waals surface area contributed by atoms with Gasteiger partial charge in [-0.05, 0) is 81.4 Å². The summed E-state index contributed by atoms with van der Waals surface area (Å²) in [5.41, 5.74) is 3.53. The Bertz CT molecular complexity index is 819. The van der Waals surface area contributed by atoms with Crippen LogP contribution in [0, 0.1) is 24.7 Å². The van der Waals surface area contributed by atoms with Crippen molar-refractivity contribution in [2.24, 2.45) is 17.8 Å². The van der Waals surface area contributed by atoms with E-state index in [2.05, 4.69) is 0 Å². The van der Waals surface area contributed by atoms with Crippen LogP contribution in [0.25, 0.3) is 10.9 Å². The zero-order valence-corrected chi connectivity index (χ0v) is 14.1. The van der Waals surface area contributed by atoms with Gasteiger partial charge in [0.2, 0.25) is 0 Å². The van der Waals surface area contributed by atoms with E-state index in [-0.39, 0.29) is 5.41 Å². The van der Waals surface area contributed by atoms with Gasteiger partial charge in [0.25, 0.3) is 0 Å². The van der Waals surface area contributed by atoms with E-state index < -0.39 is 5.97 Å². The van der Waals surface area contributed by atoms with Crippen molar-refractivity contribution in [3.8, 4) is 0 Å². The second kappa shape index (κ2) is 4.81. The molecule has 0 unspecified atom stereocenters. The maximum absolute atomic E-state index is 11.9. The quantitative estimate of drug-likeness (QED) is 0.871. The predicted molar refractivity (Wildman–Crippen MR) is 93.3 cm³/mol. The summed E-state index contributed by atoms with van der Waals surface area (Å²) >= 11 is 0. The average Bonchev–Trinajstić information content (AvgIpc) is 2.52. The third kappa shape index (κ3) is 2.03. The molecule has 0 amide bonds. The molecule has 0 saturated heterocycles. The summed E-state index contributed by atoms with van der Waals surface area (Å²) in [5.74, 6) is 1.67. The maximum atomic E-state index is 11.9. The van der Waals surface area contributed by atoms with Crippen LogP contribution in [0.4, 0.5) is 0 Å². The normalized spacial score (nSPS) is 34.0. The third-order valence-electron chi connectivity index (χ3n) is 6.78. The lowest BCUT2D eigenvalue weighted by Gasteiger charge is -2.56. The summed E-state index contributed by atoms with van der Waals surface area (Å²) in [7, 11) is 0. The predicted octanol–water partition coefficient (Wildman–Crippen LogP) is 4.71. The summed E-state index contributed by atoms with van der Waals surface area (Å²) in [6.45, 7) is 2.00. The smallest absolute Gasteiger partial charge is 0.336 e. The van der Waals surface area contributed by atoms with E-state index >= 15 is 0 Å². The van der Waals surface area contributed by atoms with Gasteiger partial charge in [-0.1, -0.05) is 11.6 Å². The number of carboxylic acids is 1. The number of hydrogen-bond acceptors (Lipinski definition) is 2. The van der Waals surface area contributed by atoms with Gasteiger partial charge in [-0.2, -0.15) is 0 Å². The maximum Gasteiger partial charge on any atom is 0.336 e. The van der Waals surface area contributed by atoms with Crippen molar-refractivity contribution in [1.29, 1.82) is 0 Å². The molecule has 4 saturated carbocycles. The van der Waals surface area contributed by atoms with Gasteiger partial charge < -0.3 is 5.11 Å². The Morgan fingerprint density at radius 1 is 1.08 bits per heavy atom. The number of benzene rings is 1. The van der Waals surface area contributed by atoms with Gasteiger partial charge in [0.05, 0.1) is 11.1 Å². The molecule has 3 heteroatoms. The van der Waals surface area contributed by atoms with Crippen molar-refractivity contribution < 1.29 is 9.90 Å². The largest absolute Gasteiger partial charge is 0.478 e. The summed E-state index contributed by atoms with van der Waals surface area (Å²) in [6.07, 6.45) is 7.79. The molecule has 24 heavy (non-hydrogen) atoms. The number of carbonyl (C=O) groups is 1. The van der Waals surface area contributed by atoms with Crippen molar-refractivity contribution in [1.82, 2.24) is 4.98 Å². The SMILES string of the molecule is Cc1ccc2nc(C34CC5CC(CC(C5)C3)C4)cc(C(=O)O)c2c1. The molecule has 124 valence electrons. The van der Waals surface area contributed by atoms with Crippen LogP contribution in [0.15, 0.2) is 24.3 Å². The molecule has 3 nitrogen and oxygen atoms in total. The molecule has 6 rings (SSSR count). The Hall–Kier alpha value is -1.90. The Morgan fingerprint density at radius 2 is 1.71 bits per heavy atom. The summed E-state index contributed by atoms with van der Waals surface area (Å²) in [6, 6.07) is 7.87. The van der Waals surface area contributed by atoms with Crippen LogP contribution >= 0.6 is 0 Å².